The van der Waals surface area contributed by atoms with Gasteiger partial charge in [0, 0.05) is 13.1 Å². The Hall–Kier alpha value is -4.07. The van der Waals surface area contributed by atoms with Crippen LogP contribution < -0.4 is 16.0 Å². The van der Waals surface area contributed by atoms with Crippen molar-refractivity contribution in [1.29, 1.82) is 0 Å². The second-order valence-corrected chi connectivity index (χ2v) is 8.85. The Labute approximate surface area is 209 Å². The SMILES string of the molecule is CC(C)CC(NC(=O)c1ccccc1C(=O)NCc1ccc(F)cc1)C(=O)NCc1ccc(F)cc1. The van der Waals surface area contributed by atoms with Crippen LogP contribution in [-0.4, -0.2) is 23.8 Å². The zero-order valence-electron chi connectivity index (χ0n) is 20.2. The highest BCUT2D eigenvalue weighted by Crippen LogP contribution is 2.13. The molecule has 0 fully saturated rings. The van der Waals surface area contributed by atoms with Crippen LogP contribution in [-0.2, 0) is 17.9 Å². The van der Waals surface area contributed by atoms with E-state index in [0.717, 1.165) is 5.56 Å². The Morgan fingerprint density at radius 2 is 1.17 bits per heavy atom. The Balaban J connectivity index is 1.68. The second-order valence-electron chi connectivity index (χ2n) is 8.85. The predicted octanol–water partition coefficient (Wildman–Crippen LogP) is 4.36. The van der Waals surface area contributed by atoms with E-state index in [1.54, 1.807) is 36.4 Å². The molecule has 0 aliphatic carbocycles. The average Bonchev–Trinajstić information content (AvgIpc) is 2.87. The first-order valence-electron chi connectivity index (χ1n) is 11.7. The summed E-state index contributed by atoms with van der Waals surface area (Å²) >= 11 is 0. The quantitative estimate of drug-likeness (QED) is 0.392. The normalized spacial score (nSPS) is 11.6. The smallest absolute Gasteiger partial charge is 0.252 e. The van der Waals surface area contributed by atoms with Crippen LogP contribution >= 0.6 is 0 Å². The fourth-order valence-corrected chi connectivity index (χ4v) is 3.61. The number of carbonyl (C=O) groups excluding carboxylic acids is 3. The van der Waals surface area contributed by atoms with Gasteiger partial charge in [0.05, 0.1) is 11.1 Å². The van der Waals surface area contributed by atoms with E-state index >= 15 is 0 Å². The Bertz CT molecular complexity index is 1200. The molecule has 188 valence electrons. The Morgan fingerprint density at radius 1 is 0.694 bits per heavy atom. The predicted molar refractivity (Wildman–Crippen MR) is 133 cm³/mol. The van der Waals surface area contributed by atoms with Gasteiger partial charge in [-0.3, -0.25) is 14.4 Å². The molecular formula is C28H29F2N3O3. The summed E-state index contributed by atoms with van der Waals surface area (Å²) in [6.07, 6.45) is 0.389. The summed E-state index contributed by atoms with van der Waals surface area (Å²) in [7, 11) is 0. The third kappa shape index (κ3) is 7.73. The molecule has 0 aliphatic rings. The number of carbonyl (C=O) groups is 3. The van der Waals surface area contributed by atoms with Crippen LogP contribution in [0.2, 0.25) is 0 Å². The third-order valence-corrected chi connectivity index (χ3v) is 5.49. The lowest BCUT2D eigenvalue weighted by atomic mass is 10.0. The first-order chi connectivity index (χ1) is 17.2. The van der Waals surface area contributed by atoms with Crippen LogP contribution in [0.4, 0.5) is 8.78 Å². The molecule has 3 aromatic carbocycles. The summed E-state index contributed by atoms with van der Waals surface area (Å²) in [6, 6.07) is 17.0. The van der Waals surface area contributed by atoms with Crippen LogP contribution in [0, 0.1) is 17.6 Å². The van der Waals surface area contributed by atoms with Crippen molar-refractivity contribution in [3.8, 4) is 0 Å². The largest absolute Gasteiger partial charge is 0.350 e. The van der Waals surface area contributed by atoms with E-state index < -0.39 is 17.9 Å². The van der Waals surface area contributed by atoms with Crippen molar-refractivity contribution in [2.45, 2.75) is 39.4 Å². The monoisotopic (exact) mass is 493 g/mol. The molecule has 0 aliphatic heterocycles. The third-order valence-electron chi connectivity index (χ3n) is 5.49. The van der Waals surface area contributed by atoms with Crippen molar-refractivity contribution in [3.05, 3.63) is 107 Å². The van der Waals surface area contributed by atoms with Gasteiger partial charge in [0.25, 0.3) is 11.8 Å². The lowest BCUT2D eigenvalue weighted by molar-refractivity contribution is -0.123. The second kappa shape index (κ2) is 12.6. The number of halogens is 2. The minimum absolute atomic E-state index is 0.112. The lowest BCUT2D eigenvalue weighted by Gasteiger charge is -2.21. The Kier molecular flexibility index (Phi) is 9.27. The molecule has 36 heavy (non-hydrogen) atoms. The molecule has 3 amide bonds. The van der Waals surface area contributed by atoms with E-state index in [1.807, 2.05) is 13.8 Å². The number of rotatable bonds is 10. The highest BCUT2D eigenvalue weighted by atomic mass is 19.1. The van der Waals surface area contributed by atoms with Crippen molar-refractivity contribution in [1.82, 2.24) is 16.0 Å². The summed E-state index contributed by atoms with van der Waals surface area (Å²) in [5.74, 6) is -2.02. The van der Waals surface area contributed by atoms with Gasteiger partial charge in [-0.2, -0.15) is 0 Å². The maximum Gasteiger partial charge on any atom is 0.252 e. The molecule has 3 aromatic rings. The number of hydrogen-bond acceptors (Lipinski definition) is 3. The molecule has 0 radical (unpaired) electrons. The molecule has 0 saturated heterocycles. The standard InChI is InChI=1S/C28H29F2N3O3/c1-18(2)15-25(28(36)32-17-20-9-13-22(30)14-10-20)33-27(35)24-6-4-3-5-23(24)26(34)31-16-19-7-11-21(29)12-8-19/h3-14,18,25H,15-17H2,1-2H3,(H,31,34)(H,32,36)(H,33,35). The van der Waals surface area contributed by atoms with Crippen molar-refractivity contribution < 1.29 is 23.2 Å². The summed E-state index contributed by atoms with van der Waals surface area (Å²) in [6.45, 7) is 4.22. The van der Waals surface area contributed by atoms with Crippen LogP contribution in [0.25, 0.3) is 0 Å². The fraction of sp³-hybridized carbons (Fsp3) is 0.250. The Morgan fingerprint density at radius 3 is 1.67 bits per heavy atom. The van der Waals surface area contributed by atoms with Gasteiger partial charge in [-0.05, 0) is 59.9 Å². The van der Waals surface area contributed by atoms with Crippen LogP contribution in [0.3, 0.4) is 0 Å². The van der Waals surface area contributed by atoms with Crippen molar-refractivity contribution in [3.63, 3.8) is 0 Å². The molecule has 3 N–H and O–H groups in total. The molecule has 1 atom stereocenters. The average molecular weight is 494 g/mol. The van der Waals surface area contributed by atoms with E-state index in [4.69, 9.17) is 0 Å². The molecule has 0 spiro atoms. The fourth-order valence-electron chi connectivity index (χ4n) is 3.61. The van der Waals surface area contributed by atoms with Gasteiger partial charge in [0.1, 0.15) is 17.7 Å². The lowest BCUT2D eigenvalue weighted by Crippen LogP contribution is -2.47. The molecule has 0 aromatic heterocycles. The zero-order chi connectivity index (χ0) is 26.1. The minimum Gasteiger partial charge on any atom is -0.350 e. The van der Waals surface area contributed by atoms with Gasteiger partial charge in [0.2, 0.25) is 5.91 Å². The molecule has 8 heteroatoms. The molecule has 1 unspecified atom stereocenters. The number of nitrogens with one attached hydrogen (secondary N) is 3. The van der Waals surface area contributed by atoms with E-state index in [1.165, 1.54) is 36.4 Å². The molecule has 0 saturated carbocycles. The van der Waals surface area contributed by atoms with Crippen molar-refractivity contribution in [2.24, 2.45) is 5.92 Å². The highest BCUT2D eigenvalue weighted by Gasteiger charge is 2.24. The summed E-state index contributed by atoms with van der Waals surface area (Å²) in [5, 5.41) is 8.26. The molecule has 0 bridgehead atoms. The summed E-state index contributed by atoms with van der Waals surface area (Å²) < 4.78 is 26.2. The van der Waals surface area contributed by atoms with Gasteiger partial charge in [-0.15, -0.1) is 0 Å². The van der Waals surface area contributed by atoms with E-state index in [2.05, 4.69) is 16.0 Å². The maximum absolute atomic E-state index is 13.1. The van der Waals surface area contributed by atoms with Crippen molar-refractivity contribution in [2.75, 3.05) is 0 Å². The molecular weight excluding hydrogens is 464 g/mol. The van der Waals surface area contributed by atoms with Crippen LogP contribution in [0.15, 0.2) is 72.8 Å². The maximum atomic E-state index is 13.1. The summed E-state index contributed by atoms with van der Waals surface area (Å²) in [5.41, 5.74) is 1.73. The molecule has 3 rings (SSSR count). The summed E-state index contributed by atoms with van der Waals surface area (Å²) in [4.78, 5) is 38.8. The number of hydrogen-bond donors (Lipinski definition) is 3. The van der Waals surface area contributed by atoms with Gasteiger partial charge in [-0.1, -0.05) is 50.2 Å². The van der Waals surface area contributed by atoms with Gasteiger partial charge in [0.15, 0.2) is 0 Å². The van der Waals surface area contributed by atoms with Gasteiger partial charge in [-0.25, -0.2) is 8.78 Å². The number of amides is 3. The number of benzene rings is 3. The highest BCUT2D eigenvalue weighted by molar-refractivity contribution is 6.08. The van der Waals surface area contributed by atoms with Crippen LogP contribution in [0.1, 0.15) is 52.1 Å². The minimum atomic E-state index is -0.826. The van der Waals surface area contributed by atoms with E-state index in [0.29, 0.717) is 12.0 Å². The molecule has 0 heterocycles. The van der Waals surface area contributed by atoms with Gasteiger partial charge >= 0.3 is 0 Å². The first kappa shape index (κ1) is 26.5. The van der Waals surface area contributed by atoms with Gasteiger partial charge < -0.3 is 16.0 Å². The van der Waals surface area contributed by atoms with Crippen molar-refractivity contribution >= 4 is 17.7 Å². The first-order valence-corrected chi connectivity index (χ1v) is 11.7. The molecule has 6 nitrogen and oxygen atoms in total. The topological polar surface area (TPSA) is 87.3 Å². The van der Waals surface area contributed by atoms with Crippen LogP contribution in [0.5, 0.6) is 0 Å². The van der Waals surface area contributed by atoms with E-state index in [9.17, 15) is 23.2 Å². The van der Waals surface area contributed by atoms with E-state index in [-0.39, 0.29) is 47.7 Å². The zero-order valence-corrected chi connectivity index (χ0v) is 20.2.